The standard InChI is InChI=1S/C12H25N3O/c1-10(15(2)9-5-8-13)12(16)14-11-6-3-4-7-11/h10-11H,3-9,13H2,1-2H3,(H,14,16). The Morgan fingerprint density at radius 2 is 2.12 bits per heavy atom. The van der Waals surface area contributed by atoms with Crippen LogP contribution in [0.15, 0.2) is 0 Å². The van der Waals surface area contributed by atoms with Crippen LogP contribution in [0.25, 0.3) is 0 Å². The van der Waals surface area contributed by atoms with Gasteiger partial charge in [-0.3, -0.25) is 9.69 Å². The third kappa shape index (κ3) is 4.10. The molecule has 94 valence electrons. The molecular weight excluding hydrogens is 202 g/mol. The van der Waals surface area contributed by atoms with Crippen LogP contribution in [0.1, 0.15) is 39.0 Å². The van der Waals surface area contributed by atoms with Gasteiger partial charge in [-0.1, -0.05) is 12.8 Å². The summed E-state index contributed by atoms with van der Waals surface area (Å²) < 4.78 is 0. The molecule has 16 heavy (non-hydrogen) atoms. The normalized spacial score (nSPS) is 19.0. The van der Waals surface area contributed by atoms with Gasteiger partial charge in [-0.2, -0.15) is 0 Å². The number of hydrogen-bond acceptors (Lipinski definition) is 3. The molecule has 1 saturated carbocycles. The van der Waals surface area contributed by atoms with Crippen molar-refractivity contribution in [1.82, 2.24) is 10.2 Å². The zero-order chi connectivity index (χ0) is 12.0. The Morgan fingerprint density at radius 1 is 1.50 bits per heavy atom. The maximum absolute atomic E-state index is 11.9. The minimum absolute atomic E-state index is 0.0489. The third-order valence-electron chi connectivity index (χ3n) is 3.46. The predicted molar refractivity (Wildman–Crippen MR) is 66.2 cm³/mol. The topological polar surface area (TPSA) is 58.4 Å². The molecule has 0 aromatic carbocycles. The summed E-state index contributed by atoms with van der Waals surface area (Å²) in [6.07, 6.45) is 5.73. The maximum atomic E-state index is 11.9. The van der Waals surface area contributed by atoms with E-state index in [1.807, 2.05) is 14.0 Å². The van der Waals surface area contributed by atoms with Crippen LogP contribution in [0.3, 0.4) is 0 Å². The lowest BCUT2D eigenvalue weighted by atomic mass is 10.2. The number of nitrogens with two attached hydrogens (primary N) is 1. The second-order valence-corrected chi connectivity index (χ2v) is 4.79. The largest absolute Gasteiger partial charge is 0.352 e. The highest BCUT2D eigenvalue weighted by Gasteiger charge is 2.22. The molecule has 0 aliphatic heterocycles. The van der Waals surface area contributed by atoms with Crippen molar-refractivity contribution in [2.75, 3.05) is 20.1 Å². The summed E-state index contributed by atoms with van der Waals surface area (Å²) in [5, 5.41) is 3.12. The van der Waals surface area contributed by atoms with Gasteiger partial charge in [-0.05, 0) is 46.3 Å². The Balaban J connectivity index is 2.28. The van der Waals surface area contributed by atoms with E-state index >= 15 is 0 Å². The molecule has 1 aliphatic rings. The zero-order valence-electron chi connectivity index (χ0n) is 10.5. The quantitative estimate of drug-likeness (QED) is 0.703. The lowest BCUT2D eigenvalue weighted by molar-refractivity contribution is -0.126. The van der Waals surface area contributed by atoms with Crippen LogP contribution >= 0.6 is 0 Å². The number of nitrogens with one attached hydrogen (secondary N) is 1. The number of nitrogens with zero attached hydrogens (tertiary/aromatic N) is 1. The molecule has 4 nitrogen and oxygen atoms in total. The highest BCUT2D eigenvalue weighted by atomic mass is 16.2. The van der Waals surface area contributed by atoms with Gasteiger partial charge in [0.05, 0.1) is 6.04 Å². The molecule has 4 heteroatoms. The van der Waals surface area contributed by atoms with Crippen LogP contribution in [0.2, 0.25) is 0 Å². The number of rotatable bonds is 6. The number of likely N-dealkylation sites (N-methyl/N-ethyl adjacent to an activating group) is 1. The molecule has 1 fully saturated rings. The van der Waals surface area contributed by atoms with Crippen molar-refractivity contribution in [3.63, 3.8) is 0 Å². The molecule has 0 bridgehead atoms. The fourth-order valence-corrected chi connectivity index (χ4v) is 2.13. The first-order chi connectivity index (χ1) is 7.65. The lowest BCUT2D eigenvalue weighted by Gasteiger charge is -2.25. The first-order valence-corrected chi connectivity index (χ1v) is 6.36. The molecule has 0 radical (unpaired) electrons. The van der Waals surface area contributed by atoms with Gasteiger partial charge in [0, 0.05) is 6.04 Å². The second-order valence-electron chi connectivity index (χ2n) is 4.79. The van der Waals surface area contributed by atoms with Gasteiger partial charge < -0.3 is 11.1 Å². The summed E-state index contributed by atoms with van der Waals surface area (Å²) in [5.41, 5.74) is 5.46. The number of hydrogen-bond donors (Lipinski definition) is 2. The Labute approximate surface area is 98.6 Å². The molecule has 1 unspecified atom stereocenters. The Hall–Kier alpha value is -0.610. The third-order valence-corrected chi connectivity index (χ3v) is 3.46. The van der Waals surface area contributed by atoms with Crippen LogP contribution in [-0.4, -0.2) is 43.0 Å². The van der Waals surface area contributed by atoms with E-state index in [4.69, 9.17) is 5.73 Å². The minimum Gasteiger partial charge on any atom is -0.352 e. The van der Waals surface area contributed by atoms with Gasteiger partial charge in [-0.25, -0.2) is 0 Å². The van der Waals surface area contributed by atoms with Gasteiger partial charge in [-0.15, -0.1) is 0 Å². The molecule has 0 saturated heterocycles. The van der Waals surface area contributed by atoms with E-state index < -0.39 is 0 Å². The molecule has 3 N–H and O–H groups in total. The van der Waals surface area contributed by atoms with E-state index in [1.165, 1.54) is 12.8 Å². The van der Waals surface area contributed by atoms with Crippen molar-refractivity contribution >= 4 is 5.91 Å². The molecule has 1 amide bonds. The molecular formula is C12H25N3O. The highest BCUT2D eigenvalue weighted by Crippen LogP contribution is 2.17. The van der Waals surface area contributed by atoms with Crippen molar-refractivity contribution in [2.45, 2.75) is 51.1 Å². The summed E-state index contributed by atoms with van der Waals surface area (Å²) in [7, 11) is 1.98. The van der Waals surface area contributed by atoms with Crippen molar-refractivity contribution < 1.29 is 4.79 Å². The van der Waals surface area contributed by atoms with E-state index in [2.05, 4.69) is 10.2 Å². The summed E-state index contributed by atoms with van der Waals surface area (Å²) in [5.74, 6) is 0.159. The van der Waals surface area contributed by atoms with E-state index in [0.717, 1.165) is 25.8 Å². The summed E-state index contributed by atoms with van der Waals surface area (Å²) in [6, 6.07) is 0.366. The SMILES string of the molecule is CC(C(=O)NC1CCCC1)N(C)CCCN. The van der Waals surface area contributed by atoms with Gasteiger partial charge in [0.2, 0.25) is 5.91 Å². The van der Waals surface area contributed by atoms with Crippen molar-refractivity contribution in [3.05, 3.63) is 0 Å². The first-order valence-electron chi connectivity index (χ1n) is 6.36. The van der Waals surface area contributed by atoms with E-state index in [1.54, 1.807) is 0 Å². The molecule has 0 heterocycles. The van der Waals surface area contributed by atoms with E-state index in [-0.39, 0.29) is 11.9 Å². The number of carbonyl (C=O) groups excluding carboxylic acids is 1. The molecule has 1 rings (SSSR count). The Bertz CT molecular complexity index is 214. The van der Waals surface area contributed by atoms with Crippen LogP contribution in [-0.2, 0) is 4.79 Å². The monoisotopic (exact) mass is 227 g/mol. The summed E-state index contributed by atoms with van der Waals surface area (Å²) in [6.45, 7) is 3.53. The molecule has 1 aliphatic carbocycles. The molecule has 0 aromatic rings. The average Bonchev–Trinajstić information content (AvgIpc) is 2.77. The maximum Gasteiger partial charge on any atom is 0.237 e. The van der Waals surface area contributed by atoms with Crippen molar-refractivity contribution in [2.24, 2.45) is 5.73 Å². The predicted octanol–water partition coefficient (Wildman–Crippen LogP) is 0.714. The zero-order valence-corrected chi connectivity index (χ0v) is 10.5. The second kappa shape index (κ2) is 6.86. The van der Waals surface area contributed by atoms with Crippen molar-refractivity contribution in [1.29, 1.82) is 0 Å². The van der Waals surface area contributed by atoms with E-state index in [0.29, 0.717) is 12.6 Å². The first kappa shape index (κ1) is 13.5. The Morgan fingerprint density at radius 3 is 2.69 bits per heavy atom. The number of carbonyl (C=O) groups is 1. The van der Waals surface area contributed by atoms with E-state index in [9.17, 15) is 4.79 Å². The van der Waals surface area contributed by atoms with Gasteiger partial charge in [0.15, 0.2) is 0 Å². The molecule has 0 aromatic heterocycles. The summed E-state index contributed by atoms with van der Waals surface area (Å²) >= 11 is 0. The van der Waals surface area contributed by atoms with Crippen LogP contribution in [0.4, 0.5) is 0 Å². The van der Waals surface area contributed by atoms with Gasteiger partial charge in [0.1, 0.15) is 0 Å². The fraction of sp³-hybridized carbons (Fsp3) is 0.917. The van der Waals surface area contributed by atoms with Gasteiger partial charge >= 0.3 is 0 Å². The summed E-state index contributed by atoms with van der Waals surface area (Å²) in [4.78, 5) is 14.0. The highest BCUT2D eigenvalue weighted by molar-refractivity contribution is 5.81. The number of amides is 1. The Kier molecular flexibility index (Phi) is 5.77. The average molecular weight is 227 g/mol. The smallest absolute Gasteiger partial charge is 0.237 e. The van der Waals surface area contributed by atoms with Crippen LogP contribution in [0, 0.1) is 0 Å². The molecule has 1 atom stereocenters. The fourth-order valence-electron chi connectivity index (χ4n) is 2.13. The van der Waals surface area contributed by atoms with Gasteiger partial charge in [0.25, 0.3) is 0 Å². The molecule has 0 spiro atoms. The lowest BCUT2D eigenvalue weighted by Crippen LogP contribution is -2.46. The van der Waals surface area contributed by atoms with Crippen LogP contribution in [0.5, 0.6) is 0 Å². The van der Waals surface area contributed by atoms with Crippen LogP contribution < -0.4 is 11.1 Å². The van der Waals surface area contributed by atoms with Crippen molar-refractivity contribution in [3.8, 4) is 0 Å². The minimum atomic E-state index is -0.0489.